The lowest BCUT2D eigenvalue weighted by molar-refractivity contribution is -0.120. The van der Waals surface area contributed by atoms with Gasteiger partial charge >= 0.3 is 0 Å². The summed E-state index contributed by atoms with van der Waals surface area (Å²) in [6, 6.07) is 19.7. The molecule has 0 fully saturated rings. The van der Waals surface area contributed by atoms with Gasteiger partial charge in [0.15, 0.2) is 0 Å². The van der Waals surface area contributed by atoms with Crippen LogP contribution < -0.4 is 25.8 Å². The molecule has 1 aliphatic rings. The van der Waals surface area contributed by atoms with E-state index in [9.17, 15) is 19.2 Å². The van der Waals surface area contributed by atoms with Gasteiger partial charge in [0, 0.05) is 23.3 Å². The minimum Gasteiger partial charge on any atom is -0.495 e. The number of amides is 3. The van der Waals surface area contributed by atoms with E-state index in [4.69, 9.17) is 27.9 Å². The summed E-state index contributed by atoms with van der Waals surface area (Å²) in [5.41, 5.74) is 1.72. The molecule has 0 saturated heterocycles. The normalized spacial score (nSPS) is 13.1. The molecule has 1 aromatic heterocycles. The molecule has 3 aromatic carbocycles. The van der Waals surface area contributed by atoms with Gasteiger partial charge in [-0.15, -0.1) is 0 Å². The highest BCUT2D eigenvalue weighted by Crippen LogP contribution is 2.37. The molecule has 10 nitrogen and oxygen atoms in total. The number of aromatic nitrogens is 2. The maximum absolute atomic E-state index is 13.2. The van der Waals surface area contributed by atoms with Crippen molar-refractivity contribution < 1.29 is 19.1 Å². The third-order valence-corrected chi connectivity index (χ3v) is 7.20. The van der Waals surface area contributed by atoms with E-state index in [2.05, 4.69) is 10.6 Å². The van der Waals surface area contributed by atoms with Gasteiger partial charge in [0.25, 0.3) is 23.3 Å². The number of anilines is 3. The van der Waals surface area contributed by atoms with Gasteiger partial charge in [-0.2, -0.15) is 0 Å². The van der Waals surface area contributed by atoms with Crippen LogP contribution >= 0.6 is 23.2 Å². The molecule has 0 unspecified atom stereocenters. The van der Waals surface area contributed by atoms with Crippen LogP contribution in [0.4, 0.5) is 17.1 Å². The first kappa shape index (κ1) is 27.8. The second kappa shape index (κ2) is 11.0. The van der Waals surface area contributed by atoms with Crippen LogP contribution in [0.1, 0.15) is 16.1 Å². The molecule has 4 aromatic rings. The molecule has 41 heavy (non-hydrogen) atoms. The number of methoxy groups -OCH3 is 1. The highest BCUT2D eigenvalue weighted by molar-refractivity contribution is 6.53. The Morgan fingerprint density at radius 1 is 0.902 bits per heavy atom. The monoisotopic (exact) mass is 591 g/mol. The quantitative estimate of drug-likeness (QED) is 0.297. The number of imide groups is 1. The van der Waals surface area contributed by atoms with Crippen LogP contribution in [-0.2, 0) is 16.6 Å². The van der Waals surface area contributed by atoms with Gasteiger partial charge in [0.1, 0.15) is 22.2 Å². The zero-order valence-corrected chi connectivity index (χ0v) is 23.6. The molecule has 208 valence electrons. The van der Waals surface area contributed by atoms with Gasteiger partial charge < -0.3 is 15.4 Å². The molecule has 2 heterocycles. The van der Waals surface area contributed by atoms with Crippen LogP contribution in [0.25, 0.3) is 5.69 Å². The summed E-state index contributed by atoms with van der Waals surface area (Å²) in [5, 5.41) is 5.56. The number of rotatable bonds is 7. The number of ether oxygens (including phenoxy) is 1. The molecule has 5 rings (SSSR count). The molecule has 0 atom stereocenters. The number of benzene rings is 3. The van der Waals surface area contributed by atoms with Crippen LogP contribution in [0.15, 0.2) is 88.3 Å². The van der Waals surface area contributed by atoms with E-state index in [1.54, 1.807) is 49.0 Å². The standard InChI is InChI=1S/C29H23Cl2N5O5/c1-16-24(29(40)36(34(16)2)20-7-5-4-6-8-20)33-26(37)17-9-12-19(13-10-17)32-25-23(31)27(38)35(28(25)39)21-15-18(30)11-14-22(21)41-3/h4-15,32H,1-3H3,(H,33,37). The maximum atomic E-state index is 13.2. The molecule has 2 N–H and O–H groups in total. The third-order valence-electron chi connectivity index (χ3n) is 6.62. The van der Waals surface area contributed by atoms with E-state index < -0.39 is 17.7 Å². The van der Waals surface area contributed by atoms with Crippen LogP contribution in [0.2, 0.25) is 5.02 Å². The second-order valence-electron chi connectivity index (χ2n) is 9.04. The Balaban J connectivity index is 1.34. The minimum absolute atomic E-state index is 0.141. The molecule has 0 aliphatic carbocycles. The molecule has 0 radical (unpaired) electrons. The lowest BCUT2D eigenvalue weighted by Gasteiger charge is -2.18. The van der Waals surface area contributed by atoms with Gasteiger partial charge in [-0.3, -0.25) is 23.9 Å². The number of hydrogen-bond donors (Lipinski definition) is 2. The number of carbonyl (C=O) groups is 3. The van der Waals surface area contributed by atoms with Crippen molar-refractivity contribution in [2.24, 2.45) is 7.05 Å². The first-order valence-corrected chi connectivity index (χ1v) is 13.0. The minimum atomic E-state index is -0.741. The summed E-state index contributed by atoms with van der Waals surface area (Å²) < 4.78 is 8.41. The number of nitrogens with zero attached hydrogens (tertiary/aromatic N) is 3. The summed E-state index contributed by atoms with van der Waals surface area (Å²) in [7, 11) is 3.14. The molecule has 3 amide bonds. The van der Waals surface area contributed by atoms with Gasteiger partial charge in [-0.1, -0.05) is 41.4 Å². The molecule has 0 spiro atoms. The summed E-state index contributed by atoms with van der Waals surface area (Å²) in [6.45, 7) is 1.74. The second-order valence-corrected chi connectivity index (χ2v) is 9.86. The third kappa shape index (κ3) is 4.99. The Labute approximate surface area is 244 Å². The Morgan fingerprint density at radius 3 is 2.24 bits per heavy atom. The number of nitrogens with one attached hydrogen (secondary N) is 2. The first-order valence-electron chi connectivity index (χ1n) is 12.3. The van der Waals surface area contributed by atoms with Crippen molar-refractivity contribution >= 4 is 58.0 Å². The van der Waals surface area contributed by atoms with Gasteiger partial charge in [0.2, 0.25) is 0 Å². The largest absolute Gasteiger partial charge is 0.495 e. The summed E-state index contributed by atoms with van der Waals surface area (Å²) in [4.78, 5) is 53.1. The Kier molecular flexibility index (Phi) is 7.44. The molecule has 1 aliphatic heterocycles. The van der Waals surface area contributed by atoms with E-state index in [-0.39, 0.29) is 39.0 Å². The Morgan fingerprint density at radius 2 is 1.59 bits per heavy atom. The van der Waals surface area contributed by atoms with E-state index in [0.29, 0.717) is 22.1 Å². The average molecular weight is 592 g/mol. The highest BCUT2D eigenvalue weighted by atomic mass is 35.5. The maximum Gasteiger partial charge on any atom is 0.295 e. The average Bonchev–Trinajstić information content (AvgIpc) is 3.31. The van der Waals surface area contributed by atoms with Crippen LogP contribution in [-0.4, -0.2) is 34.2 Å². The Hall–Kier alpha value is -4.80. The van der Waals surface area contributed by atoms with Crippen molar-refractivity contribution in [2.45, 2.75) is 6.92 Å². The smallest absolute Gasteiger partial charge is 0.295 e. The summed E-state index contributed by atoms with van der Waals surface area (Å²) in [5.74, 6) is -1.67. The topological polar surface area (TPSA) is 115 Å². The lowest BCUT2D eigenvalue weighted by Crippen LogP contribution is -2.32. The van der Waals surface area contributed by atoms with Gasteiger partial charge in [-0.25, -0.2) is 9.58 Å². The molecule has 0 saturated carbocycles. The van der Waals surface area contributed by atoms with E-state index >= 15 is 0 Å². The molecular weight excluding hydrogens is 569 g/mol. The molecule has 0 bridgehead atoms. The SMILES string of the molecule is COc1ccc(Cl)cc1N1C(=O)C(Cl)=C(Nc2ccc(C(=O)Nc3c(C)n(C)n(-c4ccccc4)c3=O)cc2)C1=O. The molecular formula is C29H23Cl2N5O5. The van der Waals surface area contributed by atoms with Gasteiger partial charge in [0.05, 0.1) is 24.2 Å². The first-order chi connectivity index (χ1) is 19.6. The highest BCUT2D eigenvalue weighted by Gasteiger charge is 2.40. The fourth-order valence-corrected chi connectivity index (χ4v) is 4.79. The van der Waals surface area contributed by atoms with Crippen molar-refractivity contribution in [1.29, 1.82) is 0 Å². The van der Waals surface area contributed by atoms with Crippen molar-refractivity contribution in [3.8, 4) is 11.4 Å². The zero-order valence-electron chi connectivity index (χ0n) is 22.1. The lowest BCUT2D eigenvalue weighted by atomic mass is 10.2. The number of hydrogen-bond acceptors (Lipinski definition) is 6. The van der Waals surface area contributed by atoms with Crippen molar-refractivity contribution in [1.82, 2.24) is 9.36 Å². The van der Waals surface area contributed by atoms with E-state index in [0.717, 1.165) is 4.90 Å². The van der Waals surface area contributed by atoms with Crippen LogP contribution in [0.3, 0.4) is 0 Å². The van der Waals surface area contributed by atoms with E-state index in [1.807, 2.05) is 18.2 Å². The predicted molar refractivity (Wildman–Crippen MR) is 157 cm³/mol. The number of halogens is 2. The summed E-state index contributed by atoms with van der Waals surface area (Å²) >= 11 is 12.3. The summed E-state index contributed by atoms with van der Waals surface area (Å²) in [6.07, 6.45) is 0. The number of carbonyl (C=O) groups excluding carboxylic acids is 3. The predicted octanol–water partition coefficient (Wildman–Crippen LogP) is 4.83. The Bertz CT molecular complexity index is 1790. The molecule has 12 heteroatoms. The van der Waals surface area contributed by atoms with Crippen molar-refractivity contribution in [3.63, 3.8) is 0 Å². The fourth-order valence-electron chi connectivity index (χ4n) is 4.42. The van der Waals surface area contributed by atoms with Crippen LogP contribution in [0, 0.1) is 6.92 Å². The van der Waals surface area contributed by atoms with Crippen molar-refractivity contribution in [3.05, 3.63) is 110 Å². The van der Waals surface area contributed by atoms with E-state index in [1.165, 1.54) is 36.1 Å². The zero-order chi connectivity index (χ0) is 29.4. The van der Waals surface area contributed by atoms with Gasteiger partial charge in [-0.05, 0) is 61.5 Å². The number of para-hydroxylation sites is 1. The van der Waals surface area contributed by atoms with Crippen molar-refractivity contribution in [2.75, 3.05) is 22.6 Å². The fraction of sp³-hybridized carbons (Fsp3) is 0.103. The van der Waals surface area contributed by atoms with Crippen LogP contribution in [0.5, 0.6) is 5.75 Å².